The molecule has 0 bridgehead atoms. The van der Waals surface area contributed by atoms with E-state index in [1.165, 1.54) is 22.8 Å². The number of piperazine rings is 1. The van der Waals surface area contributed by atoms with Crippen molar-refractivity contribution >= 4 is 17.3 Å². The molecule has 0 unspecified atom stereocenters. The lowest BCUT2D eigenvalue weighted by Crippen LogP contribution is -2.49. The highest BCUT2D eigenvalue weighted by molar-refractivity contribution is 6.04. The first-order valence-corrected chi connectivity index (χ1v) is 12.6. The van der Waals surface area contributed by atoms with E-state index in [9.17, 15) is 9.18 Å². The van der Waals surface area contributed by atoms with Crippen LogP contribution in [-0.2, 0) is 4.79 Å². The number of hydrazone groups is 1. The highest BCUT2D eigenvalue weighted by atomic mass is 19.1. The Kier molecular flexibility index (Phi) is 6.88. The number of hydrogen-bond acceptors (Lipinski definition) is 4. The molecule has 0 spiro atoms. The number of benzene rings is 3. The molecule has 2 aliphatic heterocycles. The maximum absolute atomic E-state index is 14.2. The van der Waals surface area contributed by atoms with E-state index in [0.717, 1.165) is 16.8 Å². The summed E-state index contributed by atoms with van der Waals surface area (Å²) in [6, 6.07) is 21.5. The van der Waals surface area contributed by atoms with E-state index in [1.54, 1.807) is 11.1 Å². The summed E-state index contributed by atoms with van der Waals surface area (Å²) in [7, 11) is 0. The second-order valence-electron chi connectivity index (χ2n) is 9.95. The van der Waals surface area contributed by atoms with Crippen LogP contribution in [0, 0.1) is 26.6 Å². The van der Waals surface area contributed by atoms with Gasteiger partial charge in [-0.15, -0.1) is 0 Å². The third kappa shape index (κ3) is 5.05. The van der Waals surface area contributed by atoms with Crippen molar-refractivity contribution < 1.29 is 9.18 Å². The highest BCUT2D eigenvalue weighted by Crippen LogP contribution is 2.34. The SMILES string of the molecule is Cc1ccc([C@@H]2CC(c3cc(C)ccc3C)=NN2C(=O)CN2CCN(c3ccccc3F)CC2)cc1. The van der Waals surface area contributed by atoms with Crippen molar-refractivity contribution in [1.82, 2.24) is 9.91 Å². The topological polar surface area (TPSA) is 39.2 Å². The molecule has 0 saturated carbocycles. The molecule has 0 radical (unpaired) electrons. The zero-order valence-corrected chi connectivity index (χ0v) is 21.2. The average Bonchev–Trinajstić information content (AvgIpc) is 3.32. The van der Waals surface area contributed by atoms with Crippen molar-refractivity contribution in [3.8, 4) is 0 Å². The summed E-state index contributed by atoms with van der Waals surface area (Å²) in [5.41, 5.74) is 7.34. The molecule has 3 aromatic carbocycles. The Hall–Kier alpha value is -3.51. The van der Waals surface area contributed by atoms with Gasteiger partial charge in [-0.1, -0.05) is 59.7 Å². The van der Waals surface area contributed by atoms with Crippen LogP contribution in [0.15, 0.2) is 71.8 Å². The van der Waals surface area contributed by atoms with Crippen molar-refractivity contribution in [3.05, 3.63) is 100 Å². The summed E-state index contributed by atoms with van der Waals surface area (Å²) < 4.78 is 14.2. The minimum atomic E-state index is -0.201. The smallest absolute Gasteiger partial charge is 0.257 e. The zero-order valence-electron chi connectivity index (χ0n) is 21.2. The molecule has 5 nitrogen and oxygen atoms in total. The Morgan fingerprint density at radius 3 is 2.33 bits per heavy atom. The molecule has 0 aromatic heterocycles. The van der Waals surface area contributed by atoms with Crippen LogP contribution < -0.4 is 4.90 Å². The number of rotatable bonds is 5. The Balaban J connectivity index is 1.33. The van der Waals surface area contributed by atoms with Crippen LogP contribution in [0.25, 0.3) is 0 Å². The molecule has 0 aliphatic carbocycles. The van der Waals surface area contributed by atoms with Crippen molar-refractivity contribution in [2.75, 3.05) is 37.6 Å². The van der Waals surface area contributed by atoms with Crippen molar-refractivity contribution in [1.29, 1.82) is 0 Å². The average molecular weight is 485 g/mol. The van der Waals surface area contributed by atoms with Gasteiger partial charge in [0, 0.05) is 38.2 Å². The summed E-state index contributed by atoms with van der Waals surface area (Å²) >= 11 is 0. The van der Waals surface area contributed by atoms with Crippen LogP contribution in [0.3, 0.4) is 0 Å². The van der Waals surface area contributed by atoms with Crippen molar-refractivity contribution in [3.63, 3.8) is 0 Å². The Morgan fingerprint density at radius 1 is 0.917 bits per heavy atom. The van der Waals surface area contributed by atoms with Gasteiger partial charge in [-0.05, 0) is 50.1 Å². The van der Waals surface area contributed by atoms with E-state index in [-0.39, 0.29) is 17.8 Å². The molecule has 1 atom stereocenters. The maximum Gasteiger partial charge on any atom is 0.257 e. The molecule has 2 heterocycles. The normalized spacial score (nSPS) is 18.4. The van der Waals surface area contributed by atoms with Crippen LogP contribution in [0.2, 0.25) is 0 Å². The molecule has 5 rings (SSSR count). The highest BCUT2D eigenvalue weighted by Gasteiger charge is 2.34. The first kappa shape index (κ1) is 24.2. The Bertz CT molecular complexity index is 1280. The molecule has 1 amide bonds. The summed E-state index contributed by atoms with van der Waals surface area (Å²) in [6.07, 6.45) is 0.695. The van der Waals surface area contributed by atoms with E-state index in [0.29, 0.717) is 44.8 Å². The third-order valence-corrected chi connectivity index (χ3v) is 7.26. The second-order valence-corrected chi connectivity index (χ2v) is 9.95. The predicted octanol–water partition coefficient (Wildman–Crippen LogP) is 5.25. The van der Waals surface area contributed by atoms with Gasteiger partial charge in [-0.3, -0.25) is 9.69 Å². The van der Waals surface area contributed by atoms with Crippen LogP contribution in [0.1, 0.15) is 40.3 Å². The fraction of sp³-hybridized carbons (Fsp3) is 0.333. The van der Waals surface area contributed by atoms with Gasteiger partial charge in [-0.2, -0.15) is 5.10 Å². The summed E-state index contributed by atoms with van der Waals surface area (Å²) in [4.78, 5) is 17.8. The number of hydrogen-bond donors (Lipinski definition) is 0. The van der Waals surface area contributed by atoms with Gasteiger partial charge in [0.25, 0.3) is 5.91 Å². The van der Waals surface area contributed by atoms with Gasteiger partial charge in [0.2, 0.25) is 0 Å². The second kappa shape index (κ2) is 10.2. The van der Waals surface area contributed by atoms with Crippen LogP contribution >= 0.6 is 0 Å². The number of anilines is 1. The van der Waals surface area contributed by atoms with E-state index < -0.39 is 0 Å². The van der Waals surface area contributed by atoms with Gasteiger partial charge in [0.05, 0.1) is 24.0 Å². The molecule has 1 saturated heterocycles. The lowest BCUT2D eigenvalue weighted by Gasteiger charge is -2.36. The summed E-state index contributed by atoms with van der Waals surface area (Å²) in [5.74, 6) is -0.200. The number of carbonyl (C=O) groups excluding carboxylic acids is 1. The van der Waals surface area contributed by atoms with E-state index in [1.807, 2.05) is 12.1 Å². The maximum atomic E-state index is 14.2. The van der Waals surface area contributed by atoms with E-state index in [4.69, 9.17) is 5.10 Å². The first-order chi connectivity index (χ1) is 17.4. The number of nitrogens with zero attached hydrogens (tertiary/aromatic N) is 4. The fourth-order valence-corrected chi connectivity index (χ4v) is 5.12. The van der Waals surface area contributed by atoms with Gasteiger partial charge in [0.15, 0.2) is 0 Å². The molecule has 36 heavy (non-hydrogen) atoms. The summed E-state index contributed by atoms with van der Waals surface area (Å²) in [6.45, 7) is 9.33. The standard InChI is InChI=1S/C30H33FN4O/c1-21-9-12-24(13-10-21)29-19-27(25-18-22(2)8-11-23(25)3)32-35(29)30(36)20-33-14-16-34(17-15-33)28-7-5-4-6-26(28)31/h4-13,18,29H,14-17,19-20H2,1-3H3/t29-/m0/s1. The van der Waals surface area contributed by atoms with Crippen LogP contribution in [0.4, 0.5) is 10.1 Å². The van der Waals surface area contributed by atoms with Crippen LogP contribution in [0.5, 0.6) is 0 Å². The van der Waals surface area contributed by atoms with Crippen molar-refractivity contribution in [2.24, 2.45) is 5.10 Å². The monoisotopic (exact) mass is 484 g/mol. The van der Waals surface area contributed by atoms with E-state index in [2.05, 4.69) is 73.0 Å². The third-order valence-electron chi connectivity index (χ3n) is 7.26. The lowest BCUT2D eigenvalue weighted by atomic mass is 9.94. The molecule has 186 valence electrons. The lowest BCUT2D eigenvalue weighted by molar-refractivity contribution is -0.134. The molecule has 0 N–H and O–H groups in total. The quantitative estimate of drug-likeness (QED) is 0.497. The van der Waals surface area contributed by atoms with Gasteiger partial charge < -0.3 is 4.90 Å². The molecule has 3 aromatic rings. The van der Waals surface area contributed by atoms with Gasteiger partial charge >= 0.3 is 0 Å². The fourth-order valence-electron chi connectivity index (χ4n) is 5.12. The minimum Gasteiger partial charge on any atom is -0.367 e. The molecular weight excluding hydrogens is 451 g/mol. The molecule has 6 heteroatoms. The largest absolute Gasteiger partial charge is 0.367 e. The van der Waals surface area contributed by atoms with Gasteiger partial charge in [-0.25, -0.2) is 9.40 Å². The van der Waals surface area contributed by atoms with Gasteiger partial charge in [0.1, 0.15) is 5.82 Å². The van der Waals surface area contributed by atoms with E-state index >= 15 is 0 Å². The number of aryl methyl sites for hydroxylation is 3. The van der Waals surface area contributed by atoms with Crippen LogP contribution in [-0.4, -0.2) is 54.3 Å². The number of halogens is 1. The molecular formula is C30H33FN4O. The first-order valence-electron chi connectivity index (χ1n) is 12.6. The molecule has 1 fully saturated rings. The Labute approximate surface area is 212 Å². The Morgan fingerprint density at radius 2 is 1.61 bits per heavy atom. The number of amides is 1. The number of para-hydroxylation sites is 1. The zero-order chi connectivity index (χ0) is 25.2. The summed E-state index contributed by atoms with van der Waals surface area (Å²) in [5, 5.41) is 6.59. The molecule has 2 aliphatic rings. The predicted molar refractivity (Wildman–Crippen MR) is 143 cm³/mol. The minimum absolute atomic E-state index is 0.000206. The number of carbonyl (C=O) groups is 1. The van der Waals surface area contributed by atoms with Crippen molar-refractivity contribution in [2.45, 2.75) is 33.2 Å².